The van der Waals surface area contributed by atoms with Gasteiger partial charge in [-0.3, -0.25) is 9.78 Å². The maximum atomic E-state index is 14.3. The Labute approximate surface area is 222 Å². The lowest BCUT2D eigenvalue weighted by atomic mass is 10.0. The summed E-state index contributed by atoms with van der Waals surface area (Å²) in [5.74, 6) is -0.617. The molecule has 13 nitrogen and oxygen atoms in total. The van der Waals surface area contributed by atoms with Gasteiger partial charge in [-0.05, 0) is 38.1 Å². The molecule has 1 unspecified atom stereocenters. The summed E-state index contributed by atoms with van der Waals surface area (Å²) in [6.45, 7) is 4.52. The van der Waals surface area contributed by atoms with Crippen LogP contribution >= 0.6 is 0 Å². The standard InChI is InChI=1S/C25H26FN9O4/c1-25(2,37)21(26)14-29-22(36)17-13-28-19(20-4-3-16-9-15(11-27)12-30-35(16)20)10-18(17)31-23-32-33-24(39-23)34-5-7-38-8-6-34/h3-4,9-10,12-13,21,37H,5-8,14H2,1-2H3,(H,29,36)(H,28,31,32). The second-order valence-electron chi connectivity index (χ2n) is 9.47. The molecule has 0 radical (unpaired) electrons. The molecule has 5 rings (SSSR count). The Morgan fingerprint density at radius 3 is 2.79 bits per heavy atom. The van der Waals surface area contributed by atoms with E-state index in [-0.39, 0.29) is 17.3 Å². The molecular weight excluding hydrogens is 509 g/mol. The van der Waals surface area contributed by atoms with Crippen molar-refractivity contribution >= 4 is 29.1 Å². The predicted molar refractivity (Wildman–Crippen MR) is 137 cm³/mol. The maximum absolute atomic E-state index is 14.3. The highest BCUT2D eigenvalue weighted by atomic mass is 19.1. The van der Waals surface area contributed by atoms with Crippen molar-refractivity contribution in [1.29, 1.82) is 5.26 Å². The molecule has 0 saturated carbocycles. The third-order valence-corrected chi connectivity index (χ3v) is 6.19. The first-order valence-corrected chi connectivity index (χ1v) is 12.2. The van der Waals surface area contributed by atoms with E-state index in [4.69, 9.17) is 14.4 Å². The fourth-order valence-electron chi connectivity index (χ4n) is 3.93. The first-order chi connectivity index (χ1) is 18.7. The Kier molecular flexibility index (Phi) is 7.09. The average molecular weight is 536 g/mol. The highest BCUT2D eigenvalue weighted by Crippen LogP contribution is 2.28. The van der Waals surface area contributed by atoms with Gasteiger partial charge < -0.3 is 29.8 Å². The third-order valence-electron chi connectivity index (χ3n) is 6.19. The van der Waals surface area contributed by atoms with Crippen LogP contribution in [0.25, 0.3) is 16.9 Å². The van der Waals surface area contributed by atoms with Crippen LogP contribution in [0.2, 0.25) is 0 Å². The largest absolute Gasteiger partial charge is 0.389 e. The molecule has 1 aliphatic rings. The number of fused-ring (bicyclic) bond motifs is 1. The number of rotatable bonds is 8. The van der Waals surface area contributed by atoms with Crippen LogP contribution < -0.4 is 15.5 Å². The fourth-order valence-corrected chi connectivity index (χ4v) is 3.93. The number of hydrogen-bond donors (Lipinski definition) is 3. The van der Waals surface area contributed by atoms with Gasteiger partial charge in [0.2, 0.25) is 0 Å². The van der Waals surface area contributed by atoms with Gasteiger partial charge in [-0.15, -0.1) is 0 Å². The maximum Gasteiger partial charge on any atom is 0.321 e. The second kappa shape index (κ2) is 10.6. The van der Waals surface area contributed by atoms with E-state index in [0.717, 1.165) is 0 Å². The number of aromatic nitrogens is 5. The van der Waals surface area contributed by atoms with Gasteiger partial charge in [0, 0.05) is 19.3 Å². The second-order valence-corrected chi connectivity index (χ2v) is 9.47. The zero-order valence-corrected chi connectivity index (χ0v) is 21.3. The van der Waals surface area contributed by atoms with Crippen LogP contribution in [0, 0.1) is 11.3 Å². The number of carbonyl (C=O) groups excluding carboxylic acids is 1. The molecule has 0 bridgehead atoms. The van der Waals surface area contributed by atoms with Crippen LogP contribution in [-0.4, -0.2) is 80.4 Å². The minimum absolute atomic E-state index is 0.0411. The van der Waals surface area contributed by atoms with Crippen molar-refractivity contribution in [1.82, 2.24) is 30.1 Å². The molecule has 1 atom stereocenters. The van der Waals surface area contributed by atoms with E-state index in [2.05, 4.69) is 37.0 Å². The number of aliphatic hydroxyl groups is 1. The van der Waals surface area contributed by atoms with Crippen LogP contribution in [0.5, 0.6) is 0 Å². The molecule has 5 heterocycles. The molecule has 0 aliphatic carbocycles. The molecule has 1 saturated heterocycles. The molecule has 4 aromatic heterocycles. The van der Waals surface area contributed by atoms with Crippen LogP contribution in [0.15, 0.2) is 41.1 Å². The minimum Gasteiger partial charge on any atom is -0.389 e. The number of ether oxygens (including phenoxy) is 1. The highest BCUT2D eigenvalue weighted by Gasteiger charge is 2.27. The van der Waals surface area contributed by atoms with Crippen molar-refractivity contribution in [3.8, 4) is 17.5 Å². The SMILES string of the molecule is CC(C)(O)C(F)CNC(=O)c1cnc(-c2ccc3cc(C#N)cnn23)cc1Nc1nnc(N2CCOCC2)o1. The summed E-state index contributed by atoms with van der Waals surface area (Å²) in [6, 6.07) is 9.29. The third kappa shape index (κ3) is 5.64. The van der Waals surface area contributed by atoms with E-state index in [0.29, 0.717) is 54.8 Å². The molecule has 14 heteroatoms. The summed E-state index contributed by atoms with van der Waals surface area (Å²) >= 11 is 0. The van der Waals surface area contributed by atoms with Crippen LogP contribution in [0.1, 0.15) is 29.8 Å². The first kappa shape index (κ1) is 26.0. The highest BCUT2D eigenvalue weighted by molar-refractivity contribution is 6.00. The Morgan fingerprint density at radius 1 is 1.26 bits per heavy atom. The zero-order chi connectivity index (χ0) is 27.6. The Hall–Kier alpha value is -4.61. The number of pyridine rings is 1. The van der Waals surface area contributed by atoms with Crippen molar-refractivity contribution in [3.05, 3.63) is 47.8 Å². The van der Waals surface area contributed by atoms with E-state index in [1.54, 1.807) is 28.8 Å². The van der Waals surface area contributed by atoms with Crippen LogP contribution in [-0.2, 0) is 4.74 Å². The summed E-state index contributed by atoms with van der Waals surface area (Å²) in [4.78, 5) is 19.4. The summed E-state index contributed by atoms with van der Waals surface area (Å²) in [5, 5.41) is 37.0. The van der Waals surface area contributed by atoms with Gasteiger partial charge in [0.25, 0.3) is 5.91 Å². The van der Waals surface area contributed by atoms with E-state index in [1.165, 1.54) is 26.2 Å². The zero-order valence-electron chi connectivity index (χ0n) is 21.3. The number of amides is 1. The lowest BCUT2D eigenvalue weighted by molar-refractivity contribution is -0.00177. The Bertz CT molecular complexity index is 1530. The van der Waals surface area contributed by atoms with Gasteiger partial charge in [0.05, 0.1) is 65.3 Å². The number of morpholine rings is 1. The molecule has 0 spiro atoms. The van der Waals surface area contributed by atoms with Gasteiger partial charge >= 0.3 is 12.0 Å². The first-order valence-electron chi connectivity index (χ1n) is 12.2. The summed E-state index contributed by atoms with van der Waals surface area (Å²) in [6.07, 6.45) is 1.10. The summed E-state index contributed by atoms with van der Waals surface area (Å²) in [5.41, 5.74) is 0.915. The number of alkyl halides is 1. The molecule has 202 valence electrons. The van der Waals surface area contributed by atoms with E-state index in [1.807, 2.05) is 4.90 Å². The van der Waals surface area contributed by atoms with Crippen LogP contribution in [0.3, 0.4) is 0 Å². The van der Waals surface area contributed by atoms with Crippen LogP contribution in [0.4, 0.5) is 22.1 Å². The number of nitrogens with zero attached hydrogens (tertiary/aromatic N) is 7. The van der Waals surface area contributed by atoms with Gasteiger partial charge in [0.1, 0.15) is 12.2 Å². The van der Waals surface area contributed by atoms with Crippen molar-refractivity contribution in [2.75, 3.05) is 43.1 Å². The monoisotopic (exact) mass is 535 g/mol. The molecule has 39 heavy (non-hydrogen) atoms. The lowest BCUT2D eigenvalue weighted by Gasteiger charge is -2.24. The molecule has 4 aromatic rings. The topological polar surface area (TPSA) is 167 Å². The van der Waals surface area contributed by atoms with Gasteiger partial charge in [0.15, 0.2) is 0 Å². The lowest BCUT2D eigenvalue weighted by Crippen LogP contribution is -2.42. The average Bonchev–Trinajstić information content (AvgIpc) is 3.58. The van der Waals surface area contributed by atoms with Gasteiger partial charge in [-0.2, -0.15) is 10.4 Å². The van der Waals surface area contributed by atoms with E-state index >= 15 is 0 Å². The van der Waals surface area contributed by atoms with Crippen molar-refractivity contribution < 1.29 is 23.4 Å². The fraction of sp³-hybridized carbons (Fsp3) is 0.360. The van der Waals surface area contributed by atoms with Gasteiger partial charge in [-0.25, -0.2) is 8.91 Å². The quantitative estimate of drug-likeness (QED) is 0.302. The number of anilines is 3. The van der Waals surface area contributed by atoms with Crippen molar-refractivity contribution in [2.24, 2.45) is 0 Å². The number of halogens is 1. The molecular formula is C25H26FN9O4. The Balaban J connectivity index is 1.47. The Morgan fingerprint density at radius 2 is 2.05 bits per heavy atom. The molecule has 1 fully saturated rings. The summed E-state index contributed by atoms with van der Waals surface area (Å²) < 4.78 is 27.0. The van der Waals surface area contributed by atoms with Crippen molar-refractivity contribution in [2.45, 2.75) is 25.6 Å². The molecule has 1 amide bonds. The summed E-state index contributed by atoms with van der Waals surface area (Å²) in [7, 11) is 0. The molecule has 0 aromatic carbocycles. The number of hydrogen-bond acceptors (Lipinski definition) is 11. The molecule has 1 aliphatic heterocycles. The van der Waals surface area contributed by atoms with E-state index < -0.39 is 24.2 Å². The smallest absolute Gasteiger partial charge is 0.321 e. The number of nitrogens with one attached hydrogen (secondary N) is 2. The molecule has 3 N–H and O–H groups in total. The number of carbonyl (C=O) groups is 1. The normalized spacial score (nSPS) is 14.7. The number of nitriles is 1. The van der Waals surface area contributed by atoms with Crippen molar-refractivity contribution in [3.63, 3.8) is 0 Å². The predicted octanol–water partition coefficient (Wildman–Crippen LogP) is 2.07. The van der Waals surface area contributed by atoms with E-state index in [9.17, 15) is 14.3 Å². The minimum atomic E-state index is -1.69. The van der Waals surface area contributed by atoms with Gasteiger partial charge in [-0.1, -0.05) is 10.2 Å².